The number of hydrogen-bond acceptors (Lipinski definition) is 4. The lowest BCUT2D eigenvalue weighted by Gasteiger charge is -2.45. The minimum absolute atomic E-state index is 0.0168. The van der Waals surface area contributed by atoms with Gasteiger partial charge in [0.1, 0.15) is 0 Å². The summed E-state index contributed by atoms with van der Waals surface area (Å²) >= 11 is 0. The van der Waals surface area contributed by atoms with Gasteiger partial charge < -0.3 is 14.7 Å². The quantitative estimate of drug-likeness (QED) is 0.857. The van der Waals surface area contributed by atoms with Crippen LogP contribution in [-0.2, 0) is 4.74 Å². The van der Waals surface area contributed by atoms with Crippen molar-refractivity contribution in [3.8, 4) is 0 Å². The lowest BCUT2D eigenvalue weighted by atomic mass is 9.69. The van der Waals surface area contributed by atoms with Gasteiger partial charge in [-0.05, 0) is 45.3 Å². The van der Waals surface area contributed by atoms with Crippen molar-refractivity contribution in [2.75, 3.05) is 32.9 Å². The van der Waals surface area contributed by atoms with E-state index in [1.807, 2.05) is 0 Å². The third-order valence-corrected chi connectivity index (χ3v) is 6.83. The summed E-state index contributed by atoms with van der Waals surface area (Å²) in [5.41, 5.74) is 4.49. The summed E-state index contributed by atoms with van der Waals surface area (Å²) in [5.74, 6) is 0.404. The normalized spacial score (nSPS) is 30.5. The van der Waals surface area contributed by atoms with Crippen molar-refractivity contribution in [1.82, 2.24) is 9.80 Å². The SMILES string of the molecule is CC1=C(C(C)N2CCOCC2)N2C=C([C@H](CCO)C2(C)C)C1(C)C. The average Bonchev–Trinajstić information content (AvgIpc) is 2.78. The number of allylic oxidation sites excluding steroid dienone is 1. The van der Waals surface area contributed by atoms with E-state index in [0.717, 1.165) is 32.7 Å². The predicted molar refractivity (Wildman–Crippen MR) is 97.5 cm³/mol. The minimum Gasteiger partial charge on any atom is -0.396 e. The molecule has 0 aromatic carbocycles. The molecule has 3 aliphatic heterocycles. The van der Waals surface area contributed by atoms with Crippen LogP contribution in [0, 0.1) is 11.3 Å². The van der Waals surface area contributed by atoms with Crippen molar-refractivity contribution in [3.05, 3.63) is 23.0 Å². The van der Waals surface area contributed by atoms with Gasteiger partial charge in [0.05, 0.1) is 13.2 Å². The van der Waals surface area contributed by atoms with Gasteiger partial charge >= 0.3 is 0 Å². The van der Waals surface area contributed by atoms with E-state index in [4.69, 9.17) is 4.74 Å². The van der Waals surface area contributed by atoms with Crippen molar-refractivity contribution in [3.63, 3.8) is 0 Å². The molecule has 3 heterocycles. The van der Waals surface area contributed by atoms with Crippen molar-refractivity contribution < 1.29 is 9.84 Å². The molecule has 24 heavy (non-hydrogen) atoms. The number of ether oxygens (including phenoxy) is 1. The van der Waals surface area contributed by atoms with Gasteiger partial charge in [0.15, 0.2) is 0 Å². The number of hydrogen-bond donors (Lipinski definition) is 1. The molecule has 4 heteroatoms. The zero-order valence-electron chi connectivity index (χ0n) is 16.2. The second kappa shape index (κ2) is 6.15. The zero-order valence-corrected chi connectivity index (χ0v) is 16.2. The molecule has 0 aromatic heterocycles. The van der Waals surface area contributed by atoms with Crippen LogP contribution in [0.4, 0.5) is 0 Å². The Hall–Kier alpha value is -0.840. The maximum atomic E-state index is 9.61. The first-order chi connectivity index (χ1) is 11.2. The van der Waals surface area contributed by atoms with Crippen LogP contribution < -0.4 is 0 Å². The van der Waals surface area contributed by atoms with E-state index in [1.165, 1.54) is 16.8 Å². The van der Waals surface area contributed by atoms with Crippen LogP contribution in [0.15, 0.2) is 23.0 Å². The van der Waals surface area contributed by atoms with E-state index >= 15 is 0 Å². The fraction of sp³-hybridized carbons (Fsp3) is 0.800. The van der Waals surface area contributed by atoms with E-state index < -0.39 is 0 Å². The van der Waals surface area contributed by atoms with Crippen LogP contribution in [0.25, 0.3) is 0 Å². The highest BCUT2D eigenvalue weighted by Gasteiger charge is 2.52. The highest BCUT2D eigenvalue weighted by atomic mass is 16.5. The van der Waals surface area contributed by atoms with Crippen LogP contribution in [0.5, 0.6) is 0 Å². The molecule has 3 rings (SSSR count). The smallest absolute Gasteiger partial charge is 0.0594 e. The Morgan fingerprint density at radius 1 is 1.25 bits per heavy atom. The molecule has 3 aliphatic rings. The molecular formula is C20H34N2O2. The van der Waals surface area contributed by atoms with E-state index in [-0.39, 0.29) is 17.6 Å². The molecular weight excluding hydrogens is 300 g/mol. The largest absolute Gasteiger partial charge is 0.396 e. The lowest BCUT2D eigenvalue weighted by Crippen LogP contribution is -2.50. The van der Waals surface area contributed by atoms with E-state index in [0.29, 0.717) is 12.0 Å². The van der Waals surface area contributed by atoms with Gasteiger partial charge in [-0.15, -0.1) is 0 Å². The van der Waals surface area contributed by atoms with Crippen LogP contribution in [-0.4, -0.2) is 59.4 Å². The summed E-state index contributed by atoms with van der Waals surface area (Å²) in [6.45, 7) is 17.9. The number of nitrogens with zero attached hydrogens (tertiary/aromatic N) is 2. The number of aliphatic hydroxyl groups excluding tert-OH is 1. The molecule has 0 saturated carbocycles. The van der Waals surface area contributed by atoms with Gasteiger partial charge in [-0.25, -0.2) is 0 Å². The molecule has 0 aliphatic carbocycles. The molecule has 1 unspecified atom stereocenters. The summed E-state index contributed by atoms with van der Waals surface area (Å²) in [5, 5.41) is 9.61. The number of aliphatic hydroxyl groups is 1. The highest BCUT2D eigenvalue weighted by Crippen LogP contribution is 2.56. The van der Waals surface area contributed by atoms with Crippen LogP contribution >= 0.6 is 0 Å². The van der Waals surface area contributed by atoms with Gasteiger partial charge in [-0.3, -0.25) is 4.90 Å². The number of rotatable bonds is 4. The Balaban J connectivity index is 2.00. The Morgan fingerprint density at radius 2 is 1.88 bits per heavy atom. The van der Waals surface area contributed by atoms with E-state index in [9.17, 15) is 5.11 Å². The molecule has 0 aromatic rings. The third-order valence-electron chi connectivity index (χ3n) is 6.83. The average molecular weight is 335 g/mol. The summed E-state index contributed by atoms with van der Waals surface area (Å²) < 4.78 is 5.55. The van der Waals surface area contributed by atoms with E-state index in [1.54, 1.807) is 0 Å². The first kappa shape index (κ1) is 18.0. The first-order valence-corrected chi connectivity index (χ1v) is 9.38. The molecule has 2 bridgehead atoms. The third kappa shape index (κ3) is 2.54. The second-order valence-corrected chi connectivity index (χ2v) is 8.63. The summed E-state index contributed by atoms with van der Waals surface area (Å²) in [7, 11) is 0. The Bertz CT molecular complexity index is 556. The van der Waals surface area contributed by atoms with Crippen LogP contribution in [0.3, 0.4) is 0 Å². The number of fused-ring (bicyclic) bond motifs is 1. The standard InChI is InChI=1S/C20H34N2O2/c1-14-18(15(2)21-8-11-24-12-9-21)22-13-17(19(14,3)4)16(7-10-23)20(22,5)6/h13,15-16,23H,7-12H2,1-6H3/t15?,16-/m0/s1. The highest BCUT2D eigenvalue weighted by molar-refractivity contribution is 5.45. The minimum atomic E-state index is 0.0168. The molecule has 0 radical (unpaired) electrons. The summed E-state index contributed by atoms with van der Waals surface area (Å²) in [6.07, 6.45) is 3.23. The van der Waals surface area contributed by atoms with Crippen molar-refractivity contribution >= 4 is 0 Å². The summed E-state index contributed by atoms with van der Waals surface area (Å²) in [6, 6.07) is 0.387. The van der Waals surface area contributed by atoms with Gasteiger partial charge in [0.25, 0.3) is 0 Å². The van der Waals surface area contributed by atoms with Crippen molar-refractivity contribution in [2.24, 2.45) is 11.3 Å². The van der Waals surface area contributed by atoms with Gasteiger partial charge in [-0.2, -0.15) is 0 Å². The van der Waals surface area contributed by atoms with Gasteiger partial charge in [0.2, 0.25) is 0 Å². The Morgan fingerprint density at radius 3 is 2.46 bits per heavy atom. The fourth-order valence-corrected chi connectivity index (χ4v) is 4.93. The topological polar surface area (TPSA) is 35.9 Å². The molecule has 1 saturated heterocycles. The lowest BCUT2D eigenvalue weighted by molar-refractivity contribution is 0.0192. The van der Waals surface area contributed by atoms with E-state index in [2.05, 4.69) is 57.5 Å². The monoisotopic (exact) mass is 334 g/mol. The van der Waals surface area contributed by atoms with Gasteiger partial charge in [-0.1, -0.05) is 13.8 Å². The molecule has 2 atom stereocenters. The van der Waals surface area contributed by atoms with Gasteiger partial charge in [0, 0.05) is 54.5 Å². The first-order valence-electron chi connectivity index (χ1n) is 9.38. The van der Waals surface area contributed by atoms with Crippen molar-refractivity contribution in [1.29, 1.82) is 0 Å². The molecule has 0 spiro atoms. The second-order valence-electron chi connectivity index (χ2n) is 8.63. The molecule has 4 nitrogen and oxygen atoms in total. The number of morpholine rings is 1. The predicted octanol–water partition coefficient (Wildman–Crippen LogP) is 3.00. The maximum Gasteiger partial charge on any atom is 0.0594 e. The molecule has 1 fully saturated rings. The summed E-state index contributed by atoms with van der Waals surface area (Å²) in [4.78, 5) is 5.07. The zero-order chi connectivity index (χ0) is 17.7. The molecule has 136 valence electrons. The molecule has 0 amide bonds. The maximum absolute atomic E-state index is 9.61. The van der Waals surface area contributed by atoms with Crippen molar-refractivity contribution in [2.45, 2.75) is 59.5 Å². The fourth-order valence-electron chi connectivity index (χ4n) is 4.93. The molecule has 1 N–H and O–H groups in total. The Kier molecular flexibility index (Phi) is 4.61. The Labute approximate surface area is 147 Å². The van der Waals surface area contributed by atoms with Crippen LogP contribution in [0.2, 0.25) is 0 Å². The van der Waals surface area contributed by atoms with Crippen LogP contribution in [0.1, 0.15) is 48.0 Å².